The second kappa shape index (κ2) is 6.49. The SMILES string of the molecule is O=C(Cn1cnc2ccccc21)N1CCSC1c1ccc(Cl)cc1. The Morgan fingerprint density at radius 2 is 2.00 bits per heavy atom. The van der Waals surface area contributed by atoms with Gasteiger partial charge >= 0.3 is 0 Å². The number of aromatic nitrogens is 2. The number of thioether (sulfide) groups is 1. The quantitative estimate of drug-likeness (QED) is 0.712. The summed E-state index contributed by atoms with van der Waals surface area (Å²) in [5.41, 5.74) is 3.02. The van der Waals surface area contributed by atoms with Crippen LogP contribution in [0.2, 0.25) is 5.02 Å². The largest absolute Gasteiger partial charge is 0.324 e. The van der Waals surface area contributed by atoms with Gasteiger partial charge in [0.25, 0.3) is 0 Å². The Hall–Kier alpha value is -1.98. The number of nitrogens with zero attached hydrogens (tertiary/aromatic N) is 3. The zero-order valence-corrected chi connectivity index (χ0v) is 14.5. The van der Waals surface area contributed by atoms with Gasteiger partial charge in [0.15, 0.2) is 0 Å². The first-order valence-electron chi connectivity index (χ1n) is 7.79. The van der Waals surface area contributed by atoms with E-state index in [0.29, 0.717) is 11.6 Å². The third-order valence-electron chi connectivity index (χ3n) is 4.20. The van der Waals surface area contributed by atoms with E-state index in [2.05, 4.69) is 4.98 Å². The number of carbonyl (C=O) groups excluding carboxylic acids is 1. The van der Waals surface area contributed by atoms with Gasteiger partial charge in [0.2, 0.25) is 5.91 Å². The van der Waals surface area contributed by atoms with Gasteiger partial charge in [-0.1, -0.05) is 35.9 Å². The fourth-order valence-corrected chi connectivity index (χ4v) is 4.41. The molecule has 24 heavy (non-hydrogen) atoms. The monoisotopic (exact) mass is 357 g/mol. The molecule has 2 heterocycles. The molecular weight excluding hydrogens is 342 g/mol. The number of amides is 1. The molecule has 0 aliphatic carbocycles. The summed E-state index contributed by atoms with van der Waals surface area (Å²) in [5.74, 6) is 1.06. The van der Waals surface area contributed by atoms with Crippen molar-refractivity contribution in [1.82, 2.24) is 14.5 Å². The van der Waals surface area contributed by atoms with E-state index in [-0.39, 0.29) is 11.3 Å². The standard InChI is InChI=1S/C18H16ClN3OS/c19-14-7-5-13(6-8-14)18-22(9-10-24-18)17(23)11-21-12-20-15-3-1-2-4-16(15)21/h1-8,12,18H,9-11H2. The lowest BCUT2D eigenvalue weighted by atomic mass is 10.2. The number of imidazole rings is 1. The van der Waals surface area contributed by atoms with Crippen molar-refractivity contribution in [2.45, 2.75) is 11.9 Å². The number of benzene rings is 2. The number of para-hydroxylation sites is 2. The van der Waals surface area contributed by atoms with Gasteiger partial charge in [-0.15, -0.1) is 11.8 Å². The molecule has 0 N–H and O–H groups in total. The molecule has 1 aromatic heterocycles. The van der Waals surface area contributed by atoms with Crippen LogP contribution in [-0.2, 0) is 11.3 Å². The fourth-order valence-electron chi connectivity index (χ4n) is 3.00. The van der Waals surface area contributed by atoms with Crippen molar-refractivity contribution >= 4 is 40.3 Å². The molecule has 1 fully saturated rings. The molecule has 0 saturated carbocycles. The van der Waals surface area contributed by atoms with Gasteiger partial charge in [-0.3, -0.25) is 4.79 Å². The minimum absolute atomic E-state index is 0.0598. The maximum Gasteiger partial charge on any atom is 0.243 e. The third-order valence-corrected chi connectivity index (χ3v) is 5.71. The molecule has 1 unspecified atom stereocenters. The van der Waals surface area contributed by atoms with Crippen LogP contribution in [0.4, 0.5) is 0 Å². The van der Waals surface area contributed by atoms with E-state index >= 15 is 0 Å². The number of halogens is 1. The summed E-state index contributed by atoms with van der Waals surface area (Å²) < 4.78 is 1.92. The smallest absolute Gasteiger partial charge is 0.243 e. The highest BCUT2D eigenvalue weighted by Crippen LogP contribution is 2.38. The van der Waals surface area contributed by atoms with Crippen LogP contribution in [0.5, 0.6) is 0 Å². The van der Waals surface area contributed by atoms with Crippen LogP contribution in [0.1, 0.15) is 10.9 Å². The van der Waals surface area contributed by atoms with Gasteiger partial charge in [-0.2, -0.15) is 0 Å². The Bertz CT molecular complexity index is 877. The molecule has 1 atom stereocenters. The van der Waals surface area contributed by atoms with E-state index in [1.54, 1.807) is 18.1 Å². The minimum atomic E-state index is 0.0598. The van der Waals surface area contributed by atoms with Crippen LogP contribution in [0.3, 0.4) is 0 Å². The van der Waals surface area contributed by atoms with Gasteiger partial charge in [-0.05, 0) is 29.8 Å². The van der Waals surface area contributed by atoms with Crippen molar-refractivity contribution in [3.63, 3.8) is 0 Å². The third kappa shape index (κ3) is 2.89. The molecule has 1 saturated heterocycles. The van der Waals surface area contributed by atoms with Crippen LogP contribution in [0.25, 0.3) is 11.0 Å². The molecule has 0 radical (unpaired) electrons. The summed E-state index contributed by atoms with van der Waals surface area (Å²) in [6, 6.07) is 15.6. The topological polar surface area (TPSA) is 38.1 Å². The van der Waals surface area contributed by atoms with Crippen molar-refractivity contribution in [3.8, 4) is 0 Å². The normalized spacial score (nSPS) is 17.5. The van der Waals surface area contributed by atoms with E-state index in [4.69, 9.17) is 11.6 Å². The minimum Gasteiger partial charge on any atom is -0.324 e. The lowest BCUT2D eigenvalue weighted by Crippen LogP contribution is -2.33. The highest BCUT2D eigenvalue weighted by atomic mass is 35.5. The first kappa shape index (κ1) is 15.5. The molecule has 0 spiro atoms. The lowest BCUT2D eigenvalue weighted by molar-refractivity contribution is -0.131. The zero-order valence-electron chi connectivity index (χ0n) is 12.9. The highest BCUT2D eigenvalue weighted by molar-refractivity contribution is 7.99. The molecule has 1 amide bonds. The van der Waals surface area contributed by atoms with Gasteiger partial charge in [0.1, 0.15) is 11.9 Å². The number of hydrogen-bond donors (Lipinski definition) is 0. The van der Waals surface area contributed by atoms with Crippen molar-refractivity contribution < 1.29 is 4.79 Å². The first-order chi connectivity index (χ1) is 11.7. The Balaban J connectivity index is 1.56. The predicted molar refractivity (Wildman–Crippen MR) is 98.1 cm³/mol. The summed E-state index contributed by atoms with van der Waals surface area (Å²) >= 11 is 7.76. The average molecular weight is 358 g/mol. The molecule has 0 bridgehead atoms. The number of rotatable bonds is 3. The molecular formula is C18H16ClN3OS. The van der Waals surface area contributed by atoms with Gasteiger partial charge in [0, 0.05) is 17.3 Å². The summed E-state index contributed by atoms with van der Waals surface area (Å²) in [6.45, 7) is 1.08. The van der Waals surface area contributed by atoms with Gasteiger partial charge in [-0.25, -0.2) is 4.98 Å². The molecule has 6 heteroatoms. The molecule has 122 valence electrons. The first-order valence-corrected chi connectivity index (χ1v) is 9.21. The Morgan fingerprint density at radius 3 is 2.83 bits per heavy atom. The fraction of sp³-hybridized carbons (Fsp3) is 0.222. The molecule has 1 aliphatic rings. The van der Waals surface area contributed by atoms with E-state index < -0.39 is 0 Å². The van der Waals surface area contributed by atoms with Crippen molar-refractivity contribution in [1.29, 1.82) is 0 Å². The number of fused-ring (bicyclic) bond motifs is 1. The van der Waals surface area contributed by atoms with Crippen LogP contribution in [0.15, 0.2) is 54.9 Å². The van der Waals surface area contributed by atoms with Gasteiger partial charge in [0.05, 0.1) is 17.4 Å². The van der Waals surface area contributed by atoms with E-state index in [9.17, 15) is 4.79 Å². The van der Waals surface area contributed by atoms with E-state index in [0.717, 1.165) is 28.9 Å². The Kier molecular flexibility index (Phi) is 4.21. The summed E-state index contributed by atoms with van der Waals surface area (Å²) in [5, 5.41) is 0.772. The van der Waals surface area contributed by atoms with E-state index in [1.807, 2.05) is 58.0 Å². The van der Waals surface area contributed by atoms with Crippen LogP contribution in [0, 0.1) is 0 Å². The van der Waals surface area contributed by atoms with Crippen LogP contribution in [-0.4, -0.2) is 32.7 Å². The molecule has 4 nitrogen and oxygen atoms in total. The molecule has 1 aliphatic heterocycles. The second-order valence-corrected chi connectivity index (χ2v) is 7.35. The Labute approximate surface area is 149 Å². The second-order valence-electron chi connectivity index (χ2n) is 5.72. The van der Waals surface area contributed by atoms with Crippen molar-refractivity contribution in [2.75, 3.05) is 12.3 Å². The van der Waals surface area contributed by atoms with Crippen LogP contribution >= 0.6 is 23.4 Å². The van der Waals surface area contributed by atoms with E-state index in [1.165, 1.54) is 0 Å². The summed E-state index contributed by atoms with van der Waals surface area (Å²) in [4.78, 5) is 19.1. The Morgan fingerprint density at radius 1 is 1.21 bits per heavy atom. The number of carbonyl (C=O) groups is 1. The van der Waals surface area contributed by atoms with Gasteiger partial charge < -0.3 is 9.47 Å². The molecule has 3 aromatic rings. The summed E-state index contributed by atoms with van der Waals surface area (Å²) in [7, 11) is 0. The summed E-state index contributed by atoms with van der Waals surface area (Å²) in [6.07, 6.45) is 1.74. The zero-order chi connectivity index (χ0) is 16.5. The number of hydrogen-bond acceptors (Lipinski definition) is 3. The van der Waals surface area contributed by atoms with Crippen LogP contribution < -0.4 is 0 Å². The molecule has 2 aromatic carbocycles. The lowest BCUT2D eigenvalue weighted by Gasteiger charge is -2.24. The molecule has 4 rings (SSSR count). The maximum absolute atomic E-state index is 12.8. The highest BCUT2D eigenvalue weighted by Gasteiger charge is 2.30. The maximum atomic E-state index is 12.8. The van der Waals surface area contributed by atoms with Crippen molar-refractivity contribution in [3.05, 3.63) is 65.4 Å². The van der Waals surface area contributed by atoms with Crippen molar-refractivity contribution in [2.24, 2.45) is 0 Å². The average Bonchev–Trinajstić information content (AvgIpc) is 3.23. The predicted octanol–water partition coefficient (Wildman–Crippen LogP) is 3.96.